The summed E-state index contributed by atoms with van der Waals surface area (Å²) in [6.45, 7) is 14.9. The van der Waals surface area contributed by atoms with Gasteiger partial charge in [0.25, 0.3) is 5.91 Å². The smallest absolute Gasteiger partial charge is 0.407 e. The summed E-state index contributed by atoms with van der Waals surface area (Å²) in [6, 6.07) is 17.1. The molecule has 0 saturated heterocycles. The number of nitrogens with zero attached hydrogens (tertiary/aromatic N) is 1. The second kappa shape index (κ2) is 16.5. The van der Waals surface area contributed by atoms with Crippen LogP contribution in [0.25, 0.3) is 0 Å². The molecule has 0 aliphatic heterocycles. The lowest BCUT2D eigenvalue weighted by atomic mass is 9.58. The monoisotopic (exact) mass is 681 g/mol. The van der Waals surface area contributed by atoms with Gasteiger partial charge in [0.1, 0.15) is 11.6 Å². The van der Waals surface area contributed by atoms with Crippen LogP contribution in [0, 0.1) is 16.7 Å². The Balaban J connectivity index is 1.82. The van der Waals surface area contributed by atoms with Gasteiger partial charge in [-0.15, -0.1) is 0 Å². The molecule has 1 aliphatic rings. The van der Waals surface area contributed by atoms with Crippen LogP contribution in [-0.2, 0) is 32.0 Å². The molecule has 12 nitrogen and oxygen atoms in total. The van der Waals surface area contributed by atoms with Gasteiger partial charge in [0.05, 0.1) is 19.3 Å². The topological polar surface area (TPSA) is 158 Å². The molecule has 270 valence electrons. The molecule has 0 bridgehead atoms. The van der Waals surface area contributed by atoms with E-state index in [1.165, 1.54) is 7.11 Å². The summed E-state index contributed by atoms with van der Waals surface area (Å²) in [6.07, 6.45) is -1.63. The maximum absolute atomic E-state index is 13.8. The second-order valence-electron chi connectivity index (χ2n) is 15.5. The van der Waals surface area contributed by atoms with E-state index in [4.69, 9.17) is 9.47 Å². The largest absolute Gasteiger partial charge is 0.453 e. The number of benzene rings is 2. The maximum atomic E-state index is 13.8. The summed E-state index contributed by atoms with van der Waals surface area (Å²) < 4.78 is 10.2. The molecule has 5 N–H and O–H groups in total. The number of amides is 4. The number of carbonyl (C=O) groups excluding carboxylic acids is 4. The van der Waals surface area contributed by atoms with Gasteiger partial charge >= 0.3 is 12.2 Å². The first kappa shape index (κ1) is 39.3. The van der Waals surface area contributed by atoms with E-state index in [0.29, 0.717) is 12.8 Å². The summed E-state index contributed by atoms with van der Waals surface area (Å²) in [5.41, 5.74) is 2.83. The molecular formula is C37H55N5O7. The molecular weight excluding hydrogens is 626 g/mol. The molecule has 1 aliphatic carbocycles. The maximum Gasteiger partial charge on any atom is 0.407 e. The number of aliphatic hydroxyl groups is 1. The van der Waals surface area contributed by atoms with E-state index in [1.807, 2.05) is 95.3 Å². The zero-order valence-electron chi connectivity index (χ0n) is 30.3. The highest BCUT2D eigenvalue weighted by Crippen LogP contribution is 2.46. The second-order valence-corrected chi connectivity index (χ2v) is 15.5. The lowest BCUT2D eigenvalue weighted by Gasteiger charge is -2.51. The summed E-state index contributed by atoms with van der Waals surface area (Å²) in [4.78, 5) is 52.0. The fraction of sp³-hybridized carbons (Fsp3) is 0.568. The molecule has 0 aromatic heterocycles. The van der Waals surface area contributed by atoms with E-state index in [1.54, 1.807) is 25.8 Å². The van der Waals surface area contributed by atoms with Crippen molar-refractivity contribution < 1.29 is 33.8 Å². The van der Waals surface area contributed by atoms with Gasteiger partial charge in [-0.25, -0.2) is 14.6 Å². The van der Waals surface area contributed by atoms with Gasteiger partial charge in [-0.05, 0) is 55.6 Å². The Morgan fingerprint density at radius 2 is 1.47 bits per heavy atom. The van der Waals surface area contributed by atoms with Gasteiger partial charge in [-0.3, -0.25) is 15.0 Å². The highest BCUT2D eigenvalue weighted by molar-refractivity contribution is 5.86. The fourth-order valence-corrected chi connectivity index (χ4v) is 5.88. The minimum Gasteiger partial charge on any atom is -0.453 e. The summed E-state index contributed by atoms with van der Waals surface area (Å²) in [5.74, 6) is -1.14. The van der Waals surface area contributed by atoms with Crippen molar-refractivity contribution in [2.45, 2.75) is 105 Å². The Morgan fingerprint density at radius 3 is 1.98 bits per heavy atom. The third kappa shape index (κ3) is 11.7. The zero-order chi connectivity index (χ0) is 36.6. The van der Waals surface area contributed by atoms with Crippen LogP contribution in [0.3, 0.4) is 0 Å². The van der Waals surface area contributed by atoms with Crippen LogP contribution >= 0.6 is 0 Å². The number of alkyl carbamates (subject to hydrolysis) is 2. The number of aliphatic hydroxyl groups excluding tert-OH is 1. The lowest BCUT2D eigenvalue weighted by molar-refractivity contribution is -0.139. The van der Waals surface area contributed by atoms with Crippen LogP contribution in [0.1, 0.15) is 72.9 Å². The van der Waals surface area contributed by atoms with E-state index < -0.39 is 58.6 Å². The Kier molecular flexibility index (Phi) is 13.2. The van der Waals surface area contributed by atoms with Crippen molar-refractivity contribution in [3.63, 3.8) is 0 Å². The lowest BCUT2D eigenvalue weighted by Crippen LogP contribution is -2.64. The Labute approximate surface area is 290 Å². The van der Waals surface area contributed by atoms with Crippen molar-refractivity contribution in [3.05, 3.63) is 71.8 Å². The van der Waals surface area contributed by atoms with Crippen LogP contribution in [0.15, 0.2) is 60.7 Å². The van der Waals surface area contributed by atoms with Gasteiger partial charge in [0, 0.05) is 25.0 Å². The molecule has 1 unspecified atom stereocenters. The molecule has 5 atom stereocenters. The number of nitrogens with one attached hydrogen (secondary N) is 4. The number of hydrogen-bond acceptors (Lipinski definition) is 8. The molecule has 0 heterocycles. The van der Waals surface area contributed by atoms with E-state index in [2.05, 4.69) is 21.4 Å². The Hall–Kier alpha value is -4.16. The summed E-state index contributed by atoms with van der Waals surface area (Å²) in [7, 11) is 1.23. The third-order valence-corrected chi connectivity index (χ3v) is 8.83. The van der Waals surface area contributed by atoms with E-state index in [9.17, 15) is 24.3 Å². The first-order valence-corrected chi connectivity index (χ1v) is 16.8. The number of ether oxygens (including phenoxy) is 2. The molecule has 3 rings (SSSR count). The van der Waals surface area contributed by atoms with Crippen LogP contribution in [0.2, 0.25) is 0 Å². The van der Waals surface area contributed by atoms with Crippen molar-refractivity contribution in [1.82, 2.24) is 26.4 Å². The molecule has 1 saturated carbocycles. The fourth-order valence-electron chi connectivity index (χ4n) is 5.88. The van der Waals surface area contributed by atoms with E-state index in [-0.39, 0.29) is 25.0 Å². The quantitative estimate of drug-likeness (QED) is 0.196. The highest BCUT2D eigenvalue weighted by atomic mass is 16.6. The molecule has 0 radical (unpaired) electrons. The van der Waals surface area contributed by atoms with Crippen molar-refractivity contribution >= 4 is 24.0 Å². The number of hydrazine groups is 1. The normalized spacial score (nSPS) is 19.0. The first-order valence-electron chi connectivity index (χ1n) is 16.8. The van der Waals surface area contributed by atoms with E-state index >= 15 is 0 Å². The van der Waals surface area contributed by atoms with Crippen molar-refractivity contribution in [2.75, 3.05) is 13.7 Å². The average molecular weight is 682 g/mol. The van der Waals surface area contributed by atoms with Crippen molar-refractivity contribution in [2.24, 2.45) is 16.7 Å². The number of hydrogen-bond donors (Lipinski definition) is 5. The Morgan fingerprint density at radius 1 is 0.898 bits per heavy atom. The van der Waals surface area contributed by atoms with Crippen LogP contribution < -0.4 is 21.4 Å². The molecule has 0 spiro atoms. The molecule has 1 fully saturated rings. The standard InChI is InChI=1S/C37H55N5O7/c1-35(2,3)30(40-33(46)48-9)32(45)41-42(22-25-18-14-11-15-19-25)23-28(43)27(20-24-16-12-10-13-17-24)38-31(44)26-21-29(37(26,7)8)39-34(47)49-36(4,5)6/h10-19,26-30,43H,20-23H2,1-9H3,(H,38,44)(H,39,47)(H,40,46)(H,41,45)/t26?,27-,28-,29+,30+/m0/s1. The molecule has 12 heteroatoms. The minimum absolute atomic E-state index is 0.0373. The molecule has 4 amide bonds. The first-order chi connectivity index (χ1) is 22.8. The number of carbonyl (C=O) groups is 4. The number of methoxy groups -OCH3 is 1. The average Bonchev–Trinajstić information content (AvgIpc) is 3.00. The molecule has 2 aromatic rings. The van der Waals surface area contributed by atoms with Crippen LogP contribution in [0.4, 0.5) is 9.59 Å². The third-order valence-electron chi connectivity index (χ3n) is 8.83. The van der Waals surface area contributed by atoms with Gasteiger partial charge in [-0.2, -0.15) is 0 Å². The van der Waals surface area contributed by atoms with Gasteiger partial charge < -0.3 is 30.5 Å². The van der Waals surface area contributed by atoms with Crippen LogP contribution in [-0.4, -0.2) is 77.6 Å². The highest BCUT2D eigenvalue weighted by Gasteiger charge is 2.53. The van der Waals surface area contributed by atoms with Crippen molar-refractivity contribution in [1.29, 1.82) is 0 Å². The zero-order valence-corrected chi connectivity index (χ0v) is 30.3. The van der Waals surface area contributed by atoms with E-state index in [0.717, 1.165) is 11.1 Å². The molecule has 49 heavy (non-hydrogen) atoms. The predicted octanol–water partition coefficient (Wildman–Crippen LogP) is 4.32. The summed E-state index contributed by atoms with van der Waals surface area (Å²) >= 11 is 0. The number of rotatable bonds is 13. The van der Waals surface area contributed by atoms with Gasteiger partial charge in [0.15, 0.2) is 0 Å². The van der Waals surface area contributed by atoms with Crippen molar-refractivity contribution in [3.8, 4) is 0 Å². The van der Waals surface area contributed by atoms with Gasteiger partial charge in [0.2, 0.25) is 5.91 Å². The molecule has 2 aromatic carbocycles. The van der Waals surface area contributed by atoms with Crippen LogP contribution in [0.5, 0.6) is 0 Å². The minimum atomic E-state index is -1.12. The Bertz CT molecular complexity index is 1410. The summed E-state index contributed by atoms with van der Waals surface area (Å²) in [5, 5.41) is 22.0. The predicted molar refractivity (Wildman–Crippen MR) is 187 cm³/mol. The van der Waals surface area contributed by atoms with Gasteiger partial charge in [-0.1, -0.05) is 95.3 Å². The SMILES string of the molecule is COC(=O)N[C@H](C(=O)NN(Cc1ccccc1)C[C@H](O)[C@H](Cc1ccccc1)NC(=O)C1C[C@@H](NC(=O)OC(C)(C)C)C1(C)C)C(C)(C)C.